The van der Waals surface area contributed by atoms with Crippen LogP contribution in [0.1, 0.15) is 59.3 Å². The number of carboxylic acid groups (broad SMARTS) is 1. The van der Waals surface area contributed by atoms with E-state index in [1.54, 1.807) is 13.8 Å². The number of nitrogens with one attached hydrogen (secondary N) is 1. The molecule has 1 rings (SSSR count). The van der Waals surface area contributed by atoms with Crippen LogP contribution in [0.5, 0.6) is 0 Å². The van der Waals surface area contributed by atoms with E-state index < -0.39 is 11.5 Å². The Balaban J connectivity index is 2.73. The molecule has 0 spiro atoms. The van der Waals surface area contributed by atoms with Crippen LogP contribution in [0.2, 0.25) is 0 Å². The summed E-state index contributed by atoms with van der Waals surface area (Å²) in [6.07, 6.45) is 5.40. The number of hydrogen-bond acceptors (Lipinski definition) is 2. The molecule has 0 bridgehead atoms. The van der Waals surface area contributed by atoms with E-state index in [0.29, 0.717) is 6.42 Å². The first kappa shape index (κ1) is 14.0. The van der Waals surface area contributed by atoms with Gasteiger partial charge in [-0.15, -0.1) is 0 Å². The van der Waals surface area contributed by atoms with Gasteiger partial charge in [0.1, 0.15) is 5.54 Å². The molecule has 0 aliphatic heterocycles. The van der Waals surface area contributed by atoms with Crippen molar-refractivity contribution >= 4 is 11.9 Å². The number of hydrogen-bond donors (Lipinski definition) is 2. The van der Waals surface area contributed by atoms with Crippen LogP contribution in [0.25, 0.3) is 0 Å². The van der Waals surface area contributed by atoms with Gasteiger partial charge in [-0.2, -0.15) is 0 Å². The van der Waals surface area contributed by atoms with Crippen molar-refractivity contribution in [1.82, 2.24) is 5.32 Å². The number of carboxylic acids is 1. The molecule has 1 unspecified atom stereocenters. The van der Waals surface area contributed by atoms with Crippen molar-refractivity contribution in [3.8, 4) is 0 Å². The normalized spacial score (nSPS) is 22.5. The molecule has 1 aliphatic carbocycles. The average Bonchev–Trinajstić information content (AvgIpc) is 2.29. The van der Waals surface area contributed by atoms with Gasteiger partial charge in [0.2, 0.25) is 5.91 Å². The van der Waals surface area contributed by atoms with Crippen molar-refractivity contribution in [2.45, 2.75) is 64.8 Å². The van der Waals surface area contributed by atoms with Gasteiger partial charge in [-0.05, 0) is 26.2 Å². The van der Waals surface area contributed by atoms with Crippen molar-refractivity contribution < 1.29 is 14.7 Å². The zero-order chi connectivity index (χ0) is 13.1. The highest BCUT2D eigenvalue weighted by molar-refractivity contribution is 5.89. The van der Waals surface area contributed by atoms with E-state index in [2.05, 4.69) is 5.32 Å². The van der Waals surface area contributed by atoms with Crippen LogP contribution in [0.3, 0.4) is 0 Å². The van der Waals surface area contributed by atoms with Crippen LogP contribution in [-0.4, -0.2) is 22.5 Å². The molecule has 4 nitrogen and oxygen atoms in total. The summed E-state index contributed by atoms with van der Waals surface area (Å²) in [5, 5.41) is 11.9. The van der Waals surface area contributed by atoms with Crippen LogP contribution >= 0.6 is 0 Å². The second-order valence-electron chi connectivity index (χ2n) is 5.57. The Morgan fingerprint density at radius 3 is 2.24 bits per heavy atom. The molecule has 0 aromatic rings. The third-order valence-corrected chi connectivity index (χ3v) is 4.07. The molecule has 1 aliphatic rings. The Kier molecular flexibility index (Phi) is 4.17. The zero-order valence-corrected chi connectivity index (χ0v) is 11.0. The fourth-order valence-electron chi connectivity index (χ4n) is 2.25. The summed E-state index contributed by atoms with van der Waals surface area (Å²) in [4.78, 5) is 23.4. The maximum atomic E-state index is 12.2. The Morgan fingerprint density at radius 1 is 1.29 bits per heavy atom. The second kappa shape index (κ2) is 5.07. The minimum absolute atomic E-state index is 0.107. The molecule has 2 N–H and O–H groups in total. The topological polar surface area (TPSA) is 66.4 Å². The van der Waals surface area contributed by atoms with Gasteiger partial charge in [0, 0.05) is 5.41 Å². The summed E-state index contributed by atoms with van der Waals surface area (Å²) >= 11 is 0. The van der Waals surface area contributed by atoms with E-state index in [9.17, 15) is 9.59 Å². The third kappa shape index (κ3) is 2.99. The molecular formula is C13H23NO3. The first-order valence-corrected chi connectivity index (χ1v) is 6.40. The van der Waals surface area contributed by atoms with Gasteiger partial charge in [-0.3, -0.25) is 4.79 Å². The predicted molar refractivity (Wildman–Crippen MR) is 65.7 cm³/mol. The number of carbonyl (C=O) groups is 2. The molecule has 1 amide bonds. The number of amides is 1. The number of carbonyl (C=O) groups excluding carboxylic acids is 1. The van der Waals surface area contributed by atoms with Crippen molar-refractivity contribution in [3.63, 3.8) is 0 Å². The summed E-state index contributed by atoms with van der Waals surface area (Å²) in [7, 11) is 0. The first-order chi connectivity index (χ1) is 7.84. The highest BCUT2D eigenvalue weighted by Gasteiger charge is 2.40. The Morgan fingerprint density at radius 2 is 1.82 bits per heavy atom. The van der Waals surface area contributed by atoms with E-state index in [-0.39, 0.29) is 11.3 Å². The molecule has 98 valence electrons. The maximum absolute atomic E-state index is 12.2. The summed E-state index contributed by atoms with van der Waals surface area (Å²) in [5.74, 6) is -1.07. The summed E-state index contributed by atoms with van der Waals surface area (Å²) in [6, 6.07) is 0. The van der Waals surface area contributed by atoms with Crippen molar-refractivity contribution in [3.05, 3.63) is 0 Å². The van der Waals surface area contributed by atoms with Gasteiger partial charge in [0.15, 0.2) is 0 Å². The van der Waals surface area contributed by atoms with Crippen LogP contribution < -0.4 is 5.32 Å². The van der Waals surface area contributed by atoms with E-state index in [1.807, 2.05) is 6.92 Å². The predicted octanol–water partition coefficient (Wildman–Crippen LogP) is 2.33. The molecule has 1 atom stereocenters. The van der Waals surface area contributed by atoms with Crippen molar-refractivity contribution in [1.29, 1.82) is 0 Å². The lowest BCUT2D eigenvalue weighted by Crippen LogP contribution is -2.55. The lowest BCUT2D eigenvalue weighted by molar-refractivity contribution is -0.149. The van der Waals surface area contributed by atoms with Crippen molar-refractivity contribution in [2.24, 2.45) is 5.41 Å². The highest BCUT2D eigenvalue weighted by atomic mass is 16.4. The van der Waals surface area contributed by atoms with Gasteiger partial charge >= 0.3 is 5.97 Å². The minimum atomic E-state index is -1.14. The summed E-state index contributed by atoms with van der Waals surface area (Å²) in [5.41, 5.74) is -1.53. The van der Waals surface area contributed by atoms with Crippen LogP contribution in [0.4, 0.5) is 0 Å². The average molecular weight is 241 g/mol. The van der Waals surface area contributed by atoms with Gasteiger partial charge < -0.3 is 10.4 Å². The molecule has 4 heteroatoms. The molecule has 1 fully saturated rings. The molecule has 0 heterocycles. The highest BCUT2D eigenvalue weighted by Crippen LogP contribution is 2.36. The smallest absolute Gasteiger partial charge is 0.329 e. The molecule has 17 heavy (non-hydrogen) atoms. The Hall–Kier alpha value is -1.06. The first-order valence-electron chi connectivity index (χ1n) is 6.40. The molecule has 1 saturated carbocycles. The van der Waals surface area contributed by atoms with E-state index in [1.165, 1.54) is 6.42 Å². The largest absolute Gasteiger partial charge is 0.480 e. The lowest BCUT2D eigenvalue weighted by atomic mass is 9.74. The summed E-state index contributed by atoms with van der Waals surface area (Å²) in [6.45, 7) is 5.29. The fourth-order valence-corrected chi connectivity index (χ4v) is 2.25. The van der Waals surface area contributed by atoms with Gasteiger partial charge in [0.25, 0.3) is 0 Å². The Bertz CT molecular complexity index is 308. The molecule has 0 radical (unpaired) electrons. The van der Waals surface area contributed by atoms with Gasteiger partial charge in [0.05, 0.1) is 0 Å². The van der Waals surface area contributed by atoms with Gasteiger partial charge in [-0.25, -0.2) is 4.79 Å². The number of rotatable bonds is 4. The molecule has 0 aromatic heterocycles. The monoisotopic (exact) mass is 241 g/mol. The van der Waals surface area contributed by atoms with Crippen LogP contribution in [0.15, 0.2) is 0 Å². The van der Waals surface area contributed by atoms with Gasteiger partial charge in [-0.1, -0.05) is 33.1 Å². The lowest BCUT2D eigenvalue weighted by Gasteiger charge is -2.35. The van der Waals surface area contributed by atoms with E-state index in [4.69, 9.17) is 5.11 Å². The molecule has 0 aromatic carbocycles. The molecular weight excluding hydrogens is 218 g/mol. The number of aliphatic carboxylic acids is 1. The van der Waals surface area contributed by atoms with Crippen molar-refractivity contribution in [2.75, 3.05) is 0 Å². The maximum Gasteiger partial charge on any atom is 0.329 e. The van der Waals surface area contributed by atoms with E-state index in [0.717, 1.165) is 25.7 Å². The fraction of sp³-hybridized carbons (Fsp3) is 0.846. The quantitative estimate of drug-likeness (QED) is 0.793. The third-order valence-electron chi connectivity index (χ3n) is 4.07. The SMILES string of the molecule is CCC(C)(NC(=O)C1(C)CCCCC1)C(=O)O. The second-order valence-corrected chi connectivity index (χ2v) is 5.57. The summed E-state index contributed by atoms with van der Waals surface area (Å²) < 4.78 is 0. The van der Waals surface area contributed by atoms with E-state index >= 15 is 0 Å². The standard InChI is InChI=1S/C13H23NO3/c1-4-13(3,11(16)17)14-10(15)12(2)8-6-5-7-9-12/h4-9H2,1-3H3,(H,14,15)(H,16,17). The van der Waals surface area contributed by atoms with Crippen LogP contribution in [0, 0.1) is 5.41 Å². The Labute approximate surface area is 103 Å². The molecule has 0 saturated heterocycles. The zero-order valence-electron chi connectivity index (χ0n) is 11.0. The minimum Gasteiger partial charge on any atom is -0.480 e. The van der Waals surface area contributed by atoms with Crippen LogP contribution in [-0.2, 0) is 9.59 Å².